The maximum Gasteiger partial charge on any atom is 0.263 e. The molecule has 1 fully saturated rings. The van der Waals surface area contributed by atoms with Gasteiger partial charge in [0.25, 0.3) is 5.91 Å². The maximum absolute atomic E-state index is 13.0. The van der Waals surface area contributed by atoms with Gasteiger partial charge in [-0.25, -0.2) is 0 Å². The normalized spacial score (nSPS) is 16.3. The van der Waals surface area contributed by atoms with Crippen LogP contribution in [0.3, 0.4) is 0 Å². The molecule has 1 aromatic heterocycles. The van der Waals surface area contributed by atoms with Gasteiger partial charge in [-0.05, 0) is 73.4 Å². The third kappa shape index (κ3) is 5.07. The highest BCUT2D eigenvalue weighted by atomic mass is 32.1. The molecule has 1 unspecified atom stereocenters. The first-order valence-corrected chi connectivity index (χ1v) is 11.6. The van der Waals surface area contributed by atoms with Gasteiger partial charge in [0.2, 0.25) is 5.91 Å². The van der Waals surface area contributed by atoms with E-state index < -0.39 is 0 Å². The summed E-state index contributed by atoms with van der Waals surface area (Å²) in [6, 6.07) is 15.7. The fraction of sp³-hybridized carbons (Fsp3) is 0.360. The van der Waals surface area contributed by atoms with Crippen LogP contribution in [-0.2, 0) is 4.79 Å². The van der Waals surface area contributed by atoms with Gasteiger partial charge in [-0.15, -0.1) is 11.3 Å². The van der Waals surface area contributed by atoms with Crippen LogP contribution in [0.2, 0.25) is 0 Å². The van der Waals surface area contributed by atoms with E-state index in [9.17, 15) is 9.59 Å². The first kappa shape index (κ1) is 21.4. The van der Waals surface area contributed by atoms with Crippen molar-refractivity contribution in [2.75, 3.05) is 25.5 Å². The number of likely N-dealkylation sites (tertiary alicyclic amines) is 1. The highest BCUT2D eigenvalue weighted by molar-refractivity contribution is 7.20. The van der Waals surface area contributed by atoms with Gasteiger partial charge < -0.3 is 15.0 Å². The van der Waals surface area contributed by atoms with E-state index in [0.717, 1.165) is 64.3 Å². The van der Waals surface area contributed by atoms with E-state index in [2.05, 4.69) is 11.4 Å². The number of rotatable bonds is 6. The molecule has 0 saturated carbocycles. The summed E-state index contributed by atoms with van der Waals surface area (Å²) in [4.78, 5) is 28.3. The SMILES string of the molecule is COc1ccc(NC(=O)CCC2CCCN(C(=O)c3cc4ccccc4s3)C2)c(C)c1. The summed E-state index contributed by atoms with van der Waals surface area (Å²) in [5, 5.41) is 4.12. The molecule has 0 spiro atoms. The lowest BCUT2D eigenvalue weighted by atomic mass is 9.93. The fourth-order valence-electron chi connectivity index (χ4n) is 4.18. The fourth-order valence-corrected chi connectivity index (χ4v) is 5.21. The van der Waals surface area contributed by atoms with Crippen molar-refractivity contribution >= 4 is 38.9 Å². The minimum Gasteiger partial charge on any atom is -0.497 e. The molecule has 0 aliphatic carbocycles. The van der Waals surface area contributed by atoms with Crippen molar-refractivity contribution in [2.45, 2.75) is 32.6 Å². The van der Waals surface area contributed by atoms with Crippen LogP contribution in [0, 0.1) is 12.8 Å². The van der Waals surface area contributed by atoms with E-state index in [0.29, 0.717) is 12.3 Å². The number of piperidine rings is 1. The lowest BCUT2D eigenvalue weighted by Gasteiger charge is -2.32. The third-order valence-electron chi connectivity index (χ3n) is 5.93. The predicted octanol–water partition coefficient (Wildman–Crippen LogP) is 5.49. The first-order valence-electron chi connectivity index (χ1n) is 10.8. The van der Waals surface area contributed by atoms with E-state index >= 15 is 0 Å². The van der Waals surface area contributed by atoms with Gasteiger partial charge in [0.05, 0.1) is 12.0 Å². The summed E-state index contributed by atoms with van der Waals surface area (Å²) < 4.78 is 6.36. The van der Waals surface area contributed by atoms with Crippen LogP contribution < -0.4 is 10.1 Å². The number of thiophene rings is 1. The largest absolute Gasteiger partial charge is 0.497 e. The summed E-state index contributed by atoms with van der Waals surface area (Å²) in [5.74, 6) is 1.27. The number of aryl methyl sites for hydroxylation is 1. The monoisotopic (exact) mass is 436 g/mol. The molecular weight excluding hydrogens is 408 g/mol. The third-order valence-corrected chi connectivity index (χ3v) is 7.03. The van der Waals surface area contributed by atoms with Gasteiger partial charge in [-0.3, -0.25) is 9.59 Å². The number of hydrogen-bond acceptors (Lipinski definition) is 4. The van der Waals surface area contributed by atoms with E-state index in [-0.39, 0.29) is 11.8 Å². The number of anilines is 1. The molecule has 1 aliphatic heterocycles. The number of fused-ring (bicyclic) bond motifs is 1. The standard InChI is InChI=1S/C25H28N2O3S/c1-17-14-20(30-2)10-11-21(17)26-24(28)12-9-18-6-5-13-27(16-18)25(29)23-15-19-7-3-4-8-22(19)31-23/h3-4,7-8,10-11,14-15,18H,5-6,9,12-13,16H2,1-2H3,(H,26,28). The molecule has 2 heterocycles. The topological polar surface area (TPSA) is 58.6 Å². The summed E-state index contributed by atoms with van der Waals surface area (Å²) in [6.07, 6.45) is 3.30. The predicted molar refractivity (Wildman–Crippen MR) is 126 cm³/mol. The quantitative estimate of drug-likeness (QED) is 0.556. The Balaban J connectivity index is 1.31. The molecule has 1 aliphatic rings. The Morgan fingerprint density at radius 2 is 2.03 bits per heavy atom. The van der Waals surface area contributed by atoms with Crippen LogP contribution in [0.5, 0.6) is 5.75 Å². The number of ether oxygens (including phenoxy) is 1. The molecule has 1 saturated heterocycles. The molecule has 2 aromatic carbocycles. The van der Waals surface area contributed by atoms with Gasteiger partial charge >= 0.3 is 0 Å². The summed E-state index contributed by atoms with van der Waals surface area (Å²) >= 11 is 1.56. The van der Waals surface area contributed by atoms with Crippen molar-refractivity contribution < 1.29 is 14.3 Å². The second kappa shape index (κ2) is 9.52. The number of nitrogens with one attached hydrogen (secondary N) is 1. The number of benzene rings is 2. The summed E-state index contributed by atoms with van der Waals surface area (Å²) in [5.41, 5.74) is 1.79. The molecule has 31 heavy (non-hydrogen) atoms. The van der Waals surface area contributed by atoms with Crippen molar-refractivity contribution in [2.24, 2.45) is 5.92 Å². The van der Waals surface area contributed by atoms with Gasteiger partial charge in [0.15, 0.2) is 0 Å². The lowest BCUT2D eigenvalue weighted by molar-refractivity contribution is -0.116. The molecule has 162 valence electrons. The van der Waals surface area contributed by atoms with E-state index in [1.807, 2.05) is 54.3 Å². The highest BCUT2D eigenvalue weighted by Crippen LogP contribution is 2.29. The van der Waals surface area contributed by atoms with Crippen LogP contribution in [0.15, 0.2) is 48.5 Å². The van der Waals surface area contributed by atoms with E-state index in [4.69, 9.17) is 4.74 Å². The molecule has 3 aromatic rings. The second-order valence-corrected chi connectivity index (χ2v) is 9.26. The van der Waals surface area contributed by atoms with E-state index in [1.165, 1.54) is 0 Å². The first-order chi connectivity index (χ1) is 15.0. The Hall–Kier alpha value is -2.86. The van der Waals surface area contributed by atoms with Crippen molar-refractivity contribution in [3.05, 3.63) is 59.0 Å². The number of carbonyl (C=O) groups is 2. The van der Waals surface area contributed by atoms with E-state index in [1.54, 1.807) is 18.4 Å². The zero-order chi connectivity index (χ0) is 21.8. The van der Waals surface area contributed by atoms with Crippen LogP contribution in [-0.4, -0.2) is 36.9 Å². The maximum atomic E-state index is 13.0. The van der Waals surface area contributed by atoms with Crippen LogP contribution in [0.25, 0.3) is 10.1 Å². The molecular formula is C25H28N2O3S. The molecule has 6 heteroatoms. The Labute approximate surface area is 187 Å². The minimum absolute atomic E-state index is 0.0150. The zero-order valence-corrected chi connectivity index (χ0v) is 18.8. The van der Waals surface area contributed by atoms with Crippen LogP contribution in [0.1, 0.15) is 40.9 Å². The number of hydrogen-bond donors (Lipinski definition) is 1. The Bertz CT molecular complexity index is 1060. The van der Waals surface area contributed by atoms with Crippen molar-refractivity contribution in [3.8, 4) is 5.75 Å². The van der Waals surface area contributed by atoms with Gasteiger partial charge in [0, 0.05) is 29.9 Å². The summed E-state index contributed by atoms with van der Waals surface area (Å²) in [6.45, 7) is 3.47. The summed E-state index contributed by atoms with van der Waals surface area (Å²) in [7, 11) is 1.63. The molecule has 4 rings (SSSR count). The highest BCUT2D eigenvalue weighted by Gasteiger charge is 2.26. The van der Waals surface area contributed by atoms with Crippen molar-refractivity contribution in [3.63, 3.8) is 0 Å². The Morgan fingerprint density at radius 3 is 2.81 bits per heavy atom. The molecule has 1 N–H and O–H groups in total. The lowest BCUT2D eigenvalue weighted by Crippen LogP contribution is -2.39. The minimum atomic E-state index is 0.0150. The average Bonchev–Trinajstić information content (AvgIpc) is 3.23. The average molecular weight is 437 g/mol. The molecule has 5 nitrogen and oxygen atoms in total. The van der Waals surface area contributed by atoms with Crippen LogP contribution >= 0.6 is 11.3 Å². The number of methoxy groups -OCH3 is 1. The van der Waals surface area contributed by atoms with Gasteiger partial charge in [-0.2, -0.15) is 0 Å². The van der Waals surface area contributed by atoms with Crippen molar-refractivity contribution in [1.29, 1.82) is 0 Å². The second-order valence-electron chi connectivity index (χ2n) is 8.18. The van der Waals surface area contributed by atoms with Crippen molar-refractivity contribution in [1.82, 2.24) is 4.90 Å². The molecule has 1 atom stereocenters. The Kier molecular flexibility index (Phi) is 6.56. The Morgan fingerprint density at radius 1 is 1.19 bits per heavy atom. The zero-order valence-electron chi connectivity index (χ0n) is 18.0. The van der Waals surface area contributed by atoms with Gasteiger partial charge in [0.1, 0.15) is 5.75 Å². The van der Waals surface area contributed by atoms with Gasteiger partial charge in [-0.1, -0.05) is 18.2 Å². The van der Waals surface area contributed by atoms with Crippen LogP contribution in [0.4, 0.5) is 5.69 Å². The molecule has 2 amide bonds. The number of nitrogens with zero attached hydrogens (tertiary/aromatic N) is 1. The molecule has 0 radical (unpaired) electrons. The number of carbonyl (C=O) groups excluding carboxylic acids is 2. The number of amides is 2. The smallest absolute Gasteiger partial charge is 0.263 e. The molecule has 0 bridgehead atoms.